The highest BCUT2D eigenvalue weighted by molar-refractivity contribution is 9.39. The third-order valence-electron chi connectivity index (χ3n) is 0. The zero-order valence-corrected chi connectivity index (χ0v) is 6.97. The van der Waals surface area contributed by atoms with Gasteiger partial charge in [0.05, 0.1) is 0 Å². The molecule has 0 saturated heterocycles. The van der Waals surface area contributed by atoms with Gasteiger partial charge in [0.2, 0.25) is 0 Å². The van der Waals surface area contributed by atoms with E-state index in [1.165, 1.54) is 6.38 Å². The minimum absolute atomic E-state index is 0. The SMILES string of the molecule is CCl.O=C(Br)Br.[SiH4]. The Morgan fingerprint density at radius 3 is 1.43 bits per heavy atom. The first kappa shape index (κ1) is 15.7. The molecule has 0 amide bonds. The zero-order valence-electron chi connectivity index (χ0n) is 3.04. The molecule has 0 atom stereocenters. The van der Waals surface area contributed by atoms with Crippen LogP contribution in [0.4, 0.5) is 4.79 Å². The van der Waals surface area contributed by atoms with Gasteiger partial charge in [-0.05, 0) is 11.0 Å². The van der Waals surface area contributed by atoms with Gasteiger partial charge in [-0.3, -0.25) is 4.79 Å². The van der Waals surface area contributed by atoms with Crippen molar-refractivity contribution in [2.45, 2.75) is 0 Å². The van der Waals surface area contributed by atoms with E-state index in [0.29, 0.717) is 0 Å². The summed E-state index contributed by atoms with van der Waals surface area (Å²) in [4.78, 5) is 9.28. The molecule has 0 aromatic carbocycles. The molecule has 7 heavy (non-hydrogen) atoms. The number of halogens is 3. The molecule has 0 saturated carbocycles. The molecule has 0 heterocycles. The second-order valence-electron chi connectivity index (χ2n) is 0.226. The van der Waals surface area contributed by atoms with Crippen LogP contribution in [-0.2, 0) is 0 Å². The number of hydrogen-bond acceptors (Lipinski definition) is 1. The first-order valence-corrected chi connectivity index (χ1v) is 3.30. The van der Waals surface area contributed by atoms with Crippen molar-refractivity contribution >= 4 is 58.0 Å². The first-order chi connectivity index (χ1) is 2.73. The van der Waals surface area contributed by atoms with Crippen molar-refractivity contribution in [2.75, 3.05) is 6.38 Å². The smallest absolute Gasteiger partial charge is 0.262 e. The van der Waals surface area contributed by atoms with E-state index < -0.39 is 0 Å². The Morgan fingerprint density at radius 2 is 1.43 bits per heavy atom. The number of alkyl halides is 1. The Labute approximate surface area is 69.1 Å². The van der Waals surface area contributed by atoms with E-state index >= 15 is 0 Å². The second kappa shape index (κ2) is 15.7. The van der Waals surface area contributed by atoms with Crippen LogP contribution in [0.15, 0.2) is 0 Å². The van der Waals surface area contributed by atoms with Crippen molar-refractivity contribution in [1.82, 2.24) is 0 Å². The molecule has 0 radical (unpaired) electrons. The Bertz CT molecular complexity index is 38.7. The van der Waals surface area contributed by atoms with Crippen molar-refractivity contribution in [3.63, 3.8) is 0 Å². The fourth-order valence-electron chi connectivity index (χ4n) is 0. The second-order valence-corrected chi connectivity index (χ2v) is 2.73. The van der Waals surface area contributed by atoms with Crippen LogP contribution in [0, 0.1) is 0 Å². The molecule has 46 valence electrons. The van der Waals surface area contributed by atoms with Crippen LogP contribution in [0.2, 0.25) is 0 Å². The molecule has 0 unspecified atom stereocenters. The number of rotatable bonds is 0. The van der Waals surface area contributed by atoms with Gasteiger partial charge in [0.25, 0.3) is 3.60 Å². The van der Waals surface area contributed by atoms with Crippen molar-refractivity contribution in [1.29, 1.82) is 0 Å². The summed E-state index contributed by atoms with van der Waals surface area (Å²) in [5.74, 6) is 0. The van der Waals surface area contributed by atoms with Crippen LogP contribution in [0.5, 0.6) is 0 Å². The van der Waals surface area contributed by atoms with E-state index in [1.807, 2.05) is 0 Å². The van der Waals surface area contributed by atoms with E-state index in [9.17, 15) is 4.79 Å². The van der Waals surface area contributed by atoms with Gasteiger partial charge in [-0.1, -0.05) is 0 Å². The van der Waals surface area contributed by atoms with Crippen LogP contribution in [-0.4, -0.2) is 21.0 Å². The fraction of sp³-hybridized carbons (Fsp3) is 0.500. The van der Waals surface area contributed by atoms with Crippen molar-refractivity contribution in [3.05, 3.63) is 0 Å². The van der Waals surface area contributed by atoms with E-state index in [2.05, 4.69) is 43.5 Å². The monoisotopic (exact) mass is 268 g/mol. The lowest BCUT2D eigenvalue weighted by Crippen LogP contribution is -1.42. The summed E-state index contributed by atoms with van der Waals surface area (Å²) in [6, 6.07) is 0. The lowest BCUT2D eigenvalue weighted by molar-refractivity contribution is 0.278. The van der Waals surface area contributed by atoms with Crippen LogP contribution < -0.4 is 0 Å². The molecule has 0 aliphatic carbocycles. The molecule has 5 heteroatoms. The minimum atomic E-state index is -0.208. The van der Waals surface area contributed by atoms with Crippen LogP contribution in [0.25, 0.3) is 0 Å². The van der Waals surface area contributed by atoms with Gasteiger partial charge in [0.15, 0.2) is 0 Å². The maximum atomic E-state index is 9.28. The average molecular weight is 270 g/mol. The summed E-state index contributed by atoms with van der Waals surface area (Å²) >= 11 is 9.74. The summed E-state index contributed by atoms with van der Waals surface area (Å²) in [6.07, 6.45) is 1.47. The quantitative estimate of drug-likeness (QED) is 0.368. The van der Waals surface area contributed by atoms with Gasteiger partial charge in [0, 0.05) is 38.2 Å². The predicted octanol–water partition coefficient (Wildman–Crippen LogP) is 1.30. The Balaban J connectivity index is -0.0000000480. The Kier molecular flexibility index (Phi) is 35.2. The Morgan fingerprint density at radius 1 is 1.43 bits per heavy atom. The zero-order chi connectivity index (χ0) is 5.58. The number of carbonyl (C=O) groups is 1. The van der Waals surface area contributed by atoms with E-state index in [4.69, 9.17) is 0 Å². The molecule has 0 N–H and O–H groups in total. The topological polar surface area (TPSA) is 17.1 Å². The molecule has 0 aromatic rings. The first-order valence-electron chi connectivity index (χ1n) is 0.960. The molecular weight excluding hydrogens is 263 g/mol. The van der Waals surface area contributed by atoms with Crippen molar-refractivity contribution < 1.29 is 4.79 Å². The summed E-state index contributed by atoms with van der Waals surface area (Å²) in [5.41, 5.74) is 0. The lowest BCUT2D eigenvalue weighted by atomic mass is 11.9. The highest BCUT2D eigenvalue weighted by Gasteiger charge is 1.70. The highest BCUT2D eigenvalue weighted by atomic mass is 79.9. The number of hydrogen-bond donors (Lipinski definition) is 0. The molecule has 0 aliphatic heterocycles. The third-order valence-corrected chi connectivity index (χ3v) is 0. The summed E-state index contributed by atoms with van der Waals surface area (Å²) in [5, 5.41) is 0. The molecule has 0 fully saturated rings. The van der Waals surface area contributed by atoms with Crippen LogP contribution in [0.1, 0.15) is 0 Å². The maximum absolute atomic E-state index is 9.28. The molecule has 0 aromatic heterocycles. The van der Waals surface area contributed by atoms with Crippen LogP contribution in [0.3, 0.4) is 0 Å². The predicted molar refractivity (Wildman–Crippen MR) is 46.4 cm³/mol. The molecule has 1 nitrogen and oxygen atoms in total. The average Bonchev–Trinajstić information content (AvgIpc) is 1.41. The Hall–Kier alpha value is 1.14. The molecule has 0 spiro atoms. The molecule has 0 bridgehead atoms. The summed E-state index contributed by atoms with van der Waals surface area (Å²) in [7, 11) is 0. The van der Waals surface area contributed by atoms with Gasteiger partial charge < -0.3 is 0 Å². The van der Waals surface area contributed by atoms with Crippen molar-refractivity contribution in [3.8, 4) is 0 Å². The fourth-order valence-corrected chi connectivity index (χ4v) is 0. The van der Waals surface area contributed by atoms with E-state index in [0.717, 1.165) is 0 Å². The largest absolute Gasteiger partial charge is 0.273 e. The normalized spacial score (nSPS) is 4.57. The summed E-state index contributed by atoms with van der Waals surface area (Å²) < 4.78 is -0.208. The van der Waals surface area contributed by atoms with Gasteiger partial charge in [-0.15, -0.1) is 11.6 Å². The van der Waals surface area contributed by atoms with Gasteiger partial charge in [-0.25, -0.2) is 0 Å². The standard InChI is InChI=1S/CBr2O.CH3Cl.H4Si/c2-1(3)4;1-2;/h;1H3;1H4. The van der Waals surface area contributed by atoms with E-state index in [-0.39, 0.29) is 14.6 Å². The highest BCUT2D eigenvalue weighted by Crippen LogP contribution is 1.92. The lowest BCUT2D eigenvalue weighted by Gasteiger charge is -1.49. The number of carbonyl (C=O) groups excluding carboxylic acids is 1. The minimum Gasteiger partial charge on any atom is -0.273 e. The molecular formula is C2H7Br2ClOSi. The van der Waals surface area contributed by atoms with Gasteiger partial charge in [-0.2, -0.15) is 0 Å². The van der Waals surface area contributed by atoms with Gasteiger partial charge in [0.1, 0.15) is 0 Å². The van der Waals surface area contributed by atoms with Crippen molar-refractivity contribution in [2.24, 2.45) is 0 Å². The molecule has 0 aliphatic rings. The summed E-state index contributed by atoms with van der Waals surface area (Å²) in [6.45, 7) is 0. The van der Waals surface area contributed by atoms with E-state index in [1.54, 1.807) is 0 Å². The maximum Gasteiger partial charge on any atom is 0.262 e. The van der Waals surface area contributed by atoms with Gasteiger partial charge >= 0.3 is 0 Å². The van der Waals surface area contributed by atoms with Crippen LogP contribution >= 0.6 is 43.5 Å². The molecule has 0 rings (SSSR count). The third kappa shape index (κ3) is 146.